The molecule has 0 saturated heterocycles. The molecular weight excluding hydrogens is 1820 g/mol. The zero-order valence-corrected chi connectivity index (χ0v) is 75.5. The molecule has 0 bridgehead atoms. The summed E-state index contributed by atoms with van der Waals surface area (Å²) in [6.07, 6.45) is 18.1. The van der Waals surface area contributed by atoms with Crippen molar-refractivity contribution in [1.82, 2.24) is 92.9 Å². The number of aromatic nitrogens is 11. The topological polar surface area (TPSA) is 807 Å². The van der Waals surface area contributed by atoms with Gasteiger partial charge in [-0.05, 0) is 105 Å². The molecule has 2 aliphatic rings. The number of nitrogens with one attached hydrogen (secondary N) is 11. The van der Waals surface area contributed by atoms with Gasteiger partial charge < -0.3 is 64.6 Å². The number of nitrogens with two attached hydrogens (primary N) is 6. The third kappa shape index (κ3) is 39.8. The minimum absolute atomic E-state index is 0.0286. The van der Waals surface area contributed by atoms with Gasteiger partial charge in [-0.15, -0.1) is 20.4 Å². The molecule has 0 aliphatic carbocycles. The summed E-state index contributed by atoms with van der Waals surface area (Å²) >= 11 is 0. The number of hydrogen-bond donors (Lipinski definition) is 18. The van der Waals surface area contributed by atoms with Gasteiger partial charge in [-0.3, -0.25) is 80.0 Å². The van der Waals surface area contributed by atoms with Crippen LogP contribution in [0.4, 0.5) is 54.2 Å². The summed E-state index contributed by atoms with van der Waals surface area (Å²) in [5, 5.41) is 48.3. The number of nitriles is 1. The van der Waals surface area contributed by atoms with Crippen LogP contribution in [0.15, 0.2) is 150 Å². The number of hydrogen-bond acceptors (Lipinski definition) is 44. The van der Waals surface area contributed by atoms with E-state index in [0.29, 0.717) is 56.6 Å². The summed E-state index contributed by atoms with van der Waals surface area (Å²) in [6.45, 7) is 14.7. The first-order chi connectivity index (χ1) is 59.8. The molecule has 8 aromatic heterocycles. The lowest BCUT2D eigenvalue weighted by atomic mass is 10.2. The van der Waals surface area contributed by atoms with Crippen LogP contribution >= 0.6 is 10.7 Å². The van der Waals surface area contributed by atoms with Crippen LogP contribution in [0.1, 0.15) is 90.1 Å². The van der Waals surface area contributed by atoms with E-state index in [2.05, 4.69) is 132 Å². The largest absolute Gasteiger partial charge is 0.444 e. The van der Waals surface area contributed by atoms with Crippen LogP contribution in [0.5, 0.6) is 0 Å². The highest BCUT2D eigenvalue weighted by atomic mass is 35.7. The SMILES string of the molecule is CC(C)(C)OC(=O)NCCS(=O)(=O)Cl.CC(C)(C)OC(=O)NCCS(=O)(=O)Nc1cnccc1C1=NNC(c2ccncc2NS(=O)(=O)CCNC(=O)OC(C)(C)C)=NN1.N#Cc1ccncc1N.NCCS(=O)(=O)Nc1cnccc1-c1nnc(-c2ccncc2NS(=O)(=O)CCN)nn1.NCCS(=O)(=O)O.Nc1cnccc1C1=NNC(c2ccncc2N)=NN1. The van der Waals surface area contributed by atoms with Crippen LogP contribution < -0.4 is 90.9 Å². The average molecular weight is 1920 g/mol. The van der Waals surface area contributed by atoms with Gasteiger partial charge in [0.05, 0.1) is 134 Å². The highest BCUT2D eigenvalue weighted by Crippen LogP contribution is 2.28. The fourth-order valence-electron chi connectivity index (χ4n) is 9.05. The van der Waals surface area contributed by atoms with Crippen LogP contribution in [0.25, 0.3) is 22.8 Å². The molecule has 59 heteroatoms. The van der Waals surface area contributed by atoms with Gasteiger partial charge >= 0.3 is 18.3 Å². The van der Waals surface area contributed by atoms with Crippen molar-refractivity contribution in [2.75, 3.05) is 110 Å². The molecule has 3 amide bonds. The van der Waals surface area contributed by atoms with E-state index in [1.165, 1.54) is 86.2 Å². The molecule has 8 aromatic rings. The van der Waals surface area contributed by atoms with Gasteiger partial charge in [0.2, 0.25) is 60.8 Å². The number of anilines is 7. The Morgan fingerprint density at radius 1 is 0.391 bits per heavy atom. The van der Waals surface area contributed by atoms with Gasteiger partial charge in [0.1, 0.15) is 22.9 Å². The first-order valence-corrected chi connectivity index (χ1v) is 47.6. The zero-order chi connectivity index (χ0) is 95.3. The molecule has 10 heterocycles. The second-order valence-electron chi connectivity index (χ2n) is 28.4. The maximum Gasteiger partial charge on any atom is 0.407 e. The quantitative estimate of drug-likeness (QED) is 0.0171. The third-order valence-electron chi connectivity index (χ3n) is 14.3. The fourth-order valence-corrected chi connectivity index (χ4v) is 13.7. The van der Waals surface area contributed by atoms with E-state index in [-0.39, 0.29) is 108 Å². The Balaban J connectivity index is 0.000000304. The molecule has 0 unspecified atom stereocenters. The highest BCUT2D eigenvalue weighted by Gasteiger charge is 2.26. The van der Waals surface area contributed by atoms with Gasteiger partial charge in [-0.2, -0.15) is 34.1 Å². The number of carbonyl (C=O) groups is 3. The number of alkyl carbamates (subject to hydrolysis) is 3. The van der Waals surface area contributed by atoms with Gasteiger partial charge in [0, 0.05) is 116 Å². The number of carbonyl (C=O) groups excluding carboxylic acids is 3. The first kappa shape index (κ1) is 105. The Kier molecular flexibility index (Phi) is 39.7. The maximum absolute atomic E-state index is 12.7. The molecule has 0 atom stereocenters. The second kappa shape index (κ2) is 48.3. The van der Waals surface area contributed by atoms with E-state index in [1.807, 2.05) is 6.07 Å². The Bertz CT molecular complexity index is 5740. The monoisotopic (exact) mass is 1920 g/mol. The molecule has 24 N–H and O–H groups in total. The Morgan fingerprint density at radius 3 is 0.898 bits per heavy atom. The lowest BCUT2D eigenvalue weighted by molar-refractivity contribution is 0.0519. The van der Waals surface area contributed by atoms with Crippen LogP contribution in [0.3, 0.4) is 0 Å². The number of pyridine rings is 7. The predicted molar refractivity (Wildman–Crippen MR) is 477 cm³/mol. The van der Waals surface area contributed by atoms with Crippen molar-refractivity contribution >= 4 is 151 Å². The lowest BCUT2D eigenvalue weighted by Crippen LogP contribution is -2.37. The minimum atomic E-state index is -3.93. The molecule has 0 spiro atoms. The Morgan fingerprint density at radius 2 is 0.648 bits per heavy atom. The fraction of sp³-hybridized carbons (Fsp3) is 0.348. The number of hydrazone groups is 4. The van der Waals surface area contributed by atoms with Gasteiger partial charge in [0.25, 0.3) is 10.1 Å². The zero-order valence-electron chi connectivity index (χ0n) is 69.9. The Hall–Kier alpha value is -13.4. The van der Waals surface area contributed by atoms with E-state index < -0.39 is 106 Å². The van der Waals surface area contributed by atoms with Crippen LogP contribution in [-0.4, -0.2) is 243 Å². The molecule has 52 nitrogen and oxygen atoms in total. The molecule has 0 fully saturated rings. The molecule has 2 aliphatic heterocycles. The molecule has 0 saturated carbocycles. The van der Waals surface area contributed by atoms with E-state index in [1.54, 1.807) is 105 Å². The minimum Gasteiger partial charge on any atom is -0.444 e. The highest BCUT2D eigenvalue weighted by molar-refractivity contribution is 8.13. The standard InChI is InChI=1S/C26H38N10O8S2.C16H20N10O4S2.C12H12N8.C7H14ClNO4S.C6H5N3.C2H7NO3S/c1-25(2,3)43-23(37)29-11-13-45(39,40)35-19-15-27-9-7-17(19)21-31-33-22(34-32-21)18-8-10-28-16-20(18)36-46(41,42)14-12-30-24(38)44-26(4,5)6;17-3-7-31(27,28)25-13-9-19-5-1-11(13)15-21-23-16(24-22-15)12-2-6-20-10-14(12)26-32(29,30)8-4-18;13-9-5-15-3-1-7(9)11-17-19-12(20-18-11)8-2-4-16-6-10(8)14;1-7(2,3)13-6(10)9-4-5-14(8,11)12;7-3-5-1-2-9-4-6(5)8;3-1-2-7(4,5)6/h7-10,15-16,35-36H,11-14H2,1-6H3,(H,29,37)(H,30,38)(H,31,32)(H,33,34);1-2,5-6,9-10,25-26H,3-4,7-8,17-18H2;1-6H,13-14H2,(H,17,18)(H,19,20);4-5H2,1-3H3,(H,9,10);1-2,4H,8H2;1-3H2,(H,4,5,6). The van der Waals surface area contributed by atoms with E-state index in [4.69, 9.17) is 69.1 Å². The van der Waals surface area contributed by atoms with Crippen molar-refractivity contribution in [3.8, 4) is 28.8 Å². The second-order valence-corrected chi connectivity index (χ2v) is 40.2. The lowest BCUT2D eigenvalue weighted by Gasteiger charge is -2.20. The predicted octanol–water partition coefficient (Wildman–Crippen LogP) is 0.322. The van der Waals surface area contributed by atoms with Gasteiger partial charge in [0.15, 0.2) is 23.3 Å². The summed E-state index contributed by atoms with van der Waals surface area (Å²) in [4.78, 5) is 61.9. The van der Waals surface area contributed by atoms with E-state index >= 15 is 0 Å². The van der Waals surface area contributed by atoms with Crippen molar-refractivity contribution in [2.45, 2.75) is 79.1 Å². The number of nitrogen functional groups attached to an aromatic ring is 3. The molecule has 128 heavy (non-hydrogen) atoms. The van der Waals surface area contributed by atoms with E-state index in [9.17, 15) is 64.9 Å². The molecule has 0 radical (unpaired) electrons. The first-order valence-electron chi connectivity index (χ1n) is 36.9. The smallest absolute Gasteiger partial charge is 0.407 e. The summed E-state index contributed by atoms with van der Waals surface area (Å²) in [5.41, 5.74) is 46.5. The third-order valence-corrected chi connectivity index (χ3v) is 21.4. The summed E-state index contributed by atoms with van der Waals surface area (Å²) in [5.74, 6) is -0.770. The number of ether oxygens (including phenoxy) is 3. The number of amidine groups is 4. The summed E-state index contributed by atoms with van der Waals surface area (Å²) in [7, 11) is -17.7. The summed E-state index contributed by atoms with van der Waals surface area (Å²) < 4.78 is 172. The van der Waals surface area contributed by atoms with Crippen molar-refractivity contribution < 1.29 is 83.7 Å². The number of halogens is 1. The van der Waals surface area contributed by atoms with Crippen molar-refractivity contribution in [2.24, 2.45) is 37.6 Å². The summed E-state index contributed by atoms with van der Waals surface area (Å²) in [6, 6.07) is 13.0. The average Bonchev–Trinajstić information content (AvgIpc) is 0.760. The molecule has 694 valence electrons. The van der Waals surface area contributed by atoms with Crippen LogP contribution in [0.2, 0.25) is 0 Å². The number of rotatable bonds is 29. The normalized spacial score (nSPS) is 12.6. The maximum atomic E-state index is 12.7. The molecule has 10 rings (SSSR count). The number of amides is 3. The Labute approximate surface area is 741 Å². The van der Waals surface area contributed by atoms with Crippen LogP contribution in [0, 0.1) is 11.3 Å². The molecule has 0 aromatic carbocycles. The molecular formula is C69H96ClN33O19S6. The number of sulfonamides is 4. The van der Waals surface area contributed by atoms with Crippen LogP contribution in [-0.2, 0) is 73.5 Å². The van der Waals surface area contributed by atoms with E-state index in [0.717, 1.165) is 11.1 Å². The van der Waals surface area contributed by atoms with Gasteiger partial charge in [-0.25, -0.2) is 56.5 Å². The number of nitrogens with zero attached hydrogens (tertiary/aromatic N) is 16. The van der Waals surface area contributed by atoms with Crippen molar-refractivity contribution in [3.63, 3.8) is 0 Å². The van der Waals surface area contributed by atoms with Crippen molar-refractivity contribution in [1.29, 1.82) is 5.26 Å². The van der Waals surface area contributed by atoms with Gasteiger partial charge in [-0.1, -0.05) is 0 Å². The van der Waals surface area contributed by atoms with Crippen molar-refractivity contribution in [3.05, 3.63) is 157 Å².